The molecule has 1 amide bonds. The van der Waals surface area contributed by atoms with Gasteiger partial charge in [0.1, 0.15) is 5.41 Å². The van der Waals surface area contributed by atoms with E-state index in [1.807, 2.05) is 0 Å². The molecule has 1 heterocycles. The second-order valence-electron chi connectivity index (χ2n) is 5.30. The molecule has 1 aliphatic carbocycles. The zero-order valence-corrected chi connectivity index (χ0v) is 11.4. The number of pyridine rings is 1. The number of carboxylic acids is 1. The monoisotopic (exact) mass is 278 g/mol. The van der Waals surface area contributed by atoms with Gasteiger partial charge in [0.15, 0.2) is 0 Å². The van der Waals surface area contributed by atoms with E-state index >= 15 is 0 Å². The summed E-state index contributed by atoms with van der Waals surface area (Å²) in [6, 6.07) is 1.54. The maximum absolute atomic E-state index is 12.3. The number of hydrogen-bond donors (Lipinski definition) is 3. The molecule has 20 heavy (non-hydrogen) atoms. The Hall–Kier alpha value is -2.11. The molecule has 1 aromatic rings. The molecule has 6 heteroatoms. The predicted molar refractivity (Wildman–Crippen MR) is 73.6 cm³/mol. The van der Waals surface area contributed by atoms with Crippen molar-refractivity contribution in [3.05, 3.63) is 28.2 Å². The normalized spacial score (nSPS) is 17.4. The van der Waals surface area contributed by atoms with Crippen LogP contribution in [0.3, 0.4) is 0 Å². The number of amides is 1. The molecule has 0 spiro atoms. The molecule has 2 rings (SSSR count). The average molecular weight is 278 g/mol. The van der Waals surface area contributed by atoms with Crippen LogP contribution >= 0.6 is 0 Å². The van der Waals surface area contributed by atoms with Crippen molar-refractivity contribution in [1.29, 1.82) is 0 Å². The summed E-state index contributed by atoms with van der Waals surface area (Å²) in [6.45, 7) is 1.63. The van der Waals surface area contributed by atoms with Crippen molar-refractivity contribution in [2.75, 3.05) is 5.32 Å². The second kappa shape index (κ2) is 5.48. The van der Waals surface area contributed by atoms with E-state index in [1.54, 1.807) is 6.92 Å². The molecule has 1 aliphatic rings. The van der Waals surface area contributed by atoms with Gasteiger partial charge in [-0.3, -0.25) is 14.4 Å². The van der Waals surface area contributed by atoms with Crippen LogP contribution in [0.25, 0.3) is 0 Å². The number of anilines is 1. The number of aromatic nitrogens is 1. The van der Waals surface area contributed by atoms with E-state index < -0.39 is 17.3 Å². The van der Waals surface area contributed by atoms with Crippen molar-refractivity contribution in [3.8, 4) is 0 Å². The molecule has 1 saturated carbocycles. The Kier molecular flexibility index (Phi) is 3.92. The summed E-state index contributed by atoms with van der Waals surface area (Å²) in [6.07, 6.45) is 4.54. The molecule has 6 nitrogen and oxygen atoms in total. The van der Waals surface area contributed by atoms with Gasteiger partial charge in [-0.15, -0.1) is 0 Å². The maximum Gasteiger partial charge on any atom is 0.319 e. The lowest BCUT2D eigenvalue weighted by molar-refractivity contribution is -0.156. The van der Waals surface area contributed by atoms with Gasteiger partial charge in [-0.25, -0.2) is 0 Å². The zero-order chi connectivity index (χ0) is 14.8. The minimum atomic E-state index is -1.34. The van der Waals surface area contributed by atoms with Crippen molar-refractivity contribution in [1.82, 2.24) is 4.98 Å². The van der Waals surface area contributed by atoms with Crippen LogP contribution in [0.5, 0.6) is 0 Å². The molecule has 0 unspecified atom stereocenters. The summed E-state index contributed by atoms with van der Waals surface area (Å²) in [5.41, 5.74) is -0.690. The molecule has 108 valence electrons. The van der Waals surface area contributed by atoms with E-state index in [4.69, 9.17) is 0 Å². The van der Waals surface area contributed by atoms with Crippen molar-refractivity contribution in [3.63, 3.8) is 0 Å². The highest BCUT2D eigenvalue weighted by Gasteiger charge is 2.46. The highest BCUT2D eigenvalue weighted by atomic mass is 16.4. The van der Waals surface area contributed by atoms with Gasteiger partial charge in [0, 0.05) is 11.8 Å². The number of hydrogen-bond acceptors (Lipinski definition) is 3. The number of aliphatic carboxylic acids is 1. The molecule has 0 bridgehead atoms. The number of H-pyrrole nitrogens is 1. The van der Waals surface area contributed by atoms with Crippen molar-refractivity contribution >= 4 is 17.6 Å². The van der Waals surface area contributed by atoms with Gasteiger partial charge in [-0.05, 0) is 25.8 Å². The molecule has 1 aromatic heterocycles. The summed E-state index contributed by atoms with van der Waals surface area (Å²) in [5, 5.41) is 12.0. The lowest BCUT2D eigenvalue weighted by Crippen LogP contribution is -2.44. The molecule has 0 saturated heterocycles. The first-order valence-corrected chi connectivity index (χ1v) is 6.70. The fraction of sp³-hybridized carbons (Fsp3) is 0.500. The number of carbonyl (C=O) groups is 2. The summed E-state index contributed by atoms with van der Waals surface area (Å²) >= 11 is 0. The number of nitrogens with one attached hydrogen (secondary N) is 2. The third-order valence-corrected chi connectivity index (χ3v) is 3.90. The highest BCUT2D eigenvalue weighted by molar-refractivity contribution is 6.08. The van der Waals surface area contributed by atoms with Gasteiger partial charge in [-0.2, -0.15) is 0 Å². The topological polar surface area (TPSA) is 99.3 Å². The summed E-state index contributed by atoms with van der Waals surface area (Å²) in [7, 11) is 0. The quantitative estimate of drug-likeness (QED) is 0.732. The predicted octanol–water partition coefficient (Wildman–Crippen LogP) is 1.66. The molecule has 0 radical (unpaired) electrons. The first kappa shape index (κ1) is 14.3. The molecular formula is C14H18N2O4. The Labute approximate surface area is 116 Å². The van der Waals surface area contributed by atoms with Gasteiger partial charge in [0.05, 0.1) is 5.69 Å². The number of aromatic amines is 1. The fourth-order valence-electron chi connectivity index (χ4n) is 2.61. The third kappa shape index (κ3) is 2.59. The SMILES string of the molecule is Cc1cc(NC(=O)C2(C(=O)O)CCCCC2)c[nH]c1=O. The Morgan fingerprint density at radius 1 is 1.30 bits per heavy atom. The van der Waals surface area contributed by atoms with E-state index in [0.29, 0.717) is 24.1 Å². The van der Waals surface area contributed by atoms with Crippen LogP contribution in [-0.4, -0.2) is 22.0 Å². The van der Waals surface area contributed by atoms with E-state index in [9.17, 15) is 19.5 Å². The minimum Gasteiger partial charge on any atom is -0.480 e. The Balaban J connectivity index is 2.22. The summed E-state index contributed by atoms with van der Waals surface area (Å²) in [4.78, 5) is 37.6. The molecule has 0 atom stereocenters. The Bertz CT molecular complexity index is 585. The standard InChI is InChI=1S/C14H18N2O4/c1-9-7-10(8-15-11(9)17)16-12(18)14(13(19)20)5-3-2-4-6-14/h7-8H,2-6H2,1H3,(H,15,17)(H,16,18)(H,19,20). The summed E-state index contributed by atoms with van der Waals surface area (Å²) < 4.78 is 0. The van der Waals surface area contributed by atoms with Gasteiger partial charge in [0.25, 0.3) is 5.56 Å². The number of rotatable bonds is 3. The Morgan fingerprint density at radius 2 is 1.95 bits per heavy atom. The smallest absolute Gasteiger partial charge is 0.319 e. The van der Waals surface area contributed by atoms with Gasteiger partial charge in [-0.1, -0.05) is 19.3 Å². The van der Waals surface area contributed by atoms with Gasteiger partial charge >= 0.3 is 5.97 Å². The average Bonchev–Trinajstić information content (AvgIpc) is 2.43. The first-order valence-electron chi connectivity index (χ1n) is 6.70. The van der Waals surface area contributed by atoms with Crippen LogP contribution in [0.2, 0.25) is 0 Å². The summed E-state index contributed by atoms with van der Waals surface area (Å²) in [5.74, 6) is -1.58. The molecule has 0 aliphatic heterocycles. The van der Waals surface area contributed by atoms with E-state index in [-0.39, 0.29) is 5.56 Å². The van der Waals surface area contributed by atoms with Crippen LogP contribution in [0, 0.1) is 12.3 Å². The van der Waals surface area contributed by atoms with Gasteiger partial charge in [0.2, 0.25) is 5.91 Å². The maximum atomic E-state index is 12.3. The minimum absolute atomic E-state index is 0.228. The lowest BCUT2D eigenvalue weighted by Gasteiger charge is -2.31. The molecular weight excluding hydrogens is 260 g/mol. The van der Waals surface area contributed by atoms with E-state index in [2.05, 4.69) is 10.3 Å². The van der Waals surface area contributed by atoms with Gasteiger partial charge < -0.3 is 15.4 Å². The van der Waals surface area contributed by atoms with E-state index in [1.165, 1.54) is 12.3 Å². The third-order valence-electron chi connectivity index (χ3n) is 3.90. The first-order chi connectivity index (χ1) is 9.45. The molecule has 1 fully saturated rings. The second-order valence-corrected chi connectivity index (χ2v) is 5.30. The highest BCUT2D eigenvalue weighted by Crippen LogP contribution is 2.37. The molecule has 0 aromatic carbocycles. The van der Waals surface area contributed by atoms with Crippen molar-refractivity contribution in [2.24, 2.45) is 5.41 Å². The molecule has 3 N–H and O–H groups in total. The Morgan fingerprint density at radius 3 is 2.50 bits per heavy atom. The lowest BCUT2D eigenvalue weighted by atomic mass is 9.73. The zero-order valence-electron chi connectivity index (χ0n) is 11.4. The van der Waals surface area contributed by atoms with Crippen molar-refractivity contribution in [2.45, 2.75) is 39.0 Å². The van der Waals surface area contributed by atoms with E-state index in [0.717, 1.165) is 19.3 Å². The fourth-order valence-corrected chi connectivity index (χ4v) is 2.61. The van der Waals surface area contributed by atoms with Crippen molar-refractivity contribution < 1.29 is 14.7 Å². The number of carbonyl (C=O) groups excluding carboxylic acids is 1. The number of aryl methyl sites for hydroxylation is 1. The largest absolute Gasteiger partial charge is 0.480 e. The van der Waals surface area contributed by atoms with Crippen LogP contribution in [0.1, 0.15) is 37.7 Å². The van der Waals surface area contributed by atoms with Crippen LogP contribution in [0.4, 0.5) is 5.69 Å². The van der Waals surface area contributed by atoms with Crippen LogP contribution < -0.4 is 10.9 Å². The van der Waals surface area contributed by atoms with Crippen LogP contribution in [-0.2, 0) is 9.59 Å². The van der Waals surface area contributed by atoms with Crippen LogP contribution in [0.15, 0.2) is 17.1 Å². The number of carboxylic acid groups (broad SMARTS) is 1.